The van der Waals surface area contributed by atoms with Crippen molar-refractivity contribution in [2.24, 2.45) is 0 Å². The van der Waals surface area contributed by atoms with Gasteiger partial charge in [0.15, 0.2) is 0 Å². The van der Waals surface area contributed by atoms with Crippen molar-refractivity contribution in [3.8, 4) is 5.75 Å². The Bertz CT molecular complexity index is 1090. The van der Waals surface area contributed by atoms with E-state index in [2.05, 4.69) is 5.32 Å². The Balaban J connectivity index is 1.60. The highest BCUT2D eigenvalue weighted by molar-refractivity contribution is 6.23. The third-order valence-electron chi connectivity index (χ3n) is 5.95. The molecule has 0 aliphatic carbocycles. The summed E-state index contributed by atoms with van der Waals surface area (Å²) in [5, 5.41) is 2.65. The van der Waals surface area contributed by atoms with Crippen molar-refractivity contribution in [1.82, 2.24) is 4.90 Å². The minimum Gasteiger partial charge on any atom is -0.497 e. The highest BCUT2D eigenvalue weighted by atomic mass is 16.5. The quantitative estimate of drug-likeness (QED) is 0.631. The van der Waals surface area contributed by atoms with Crippen molar-refractivity contribution >= 4 is 35.0 Å². The molecule has 0 spiro atoms. The van der Waals surface area contributed by atoms with E-state index >= 15 is 0 Å². The minimum absolute atomic E-state index is 0.116. The van der Waals surface area contributed by atoms with Gasteiger partial charge in [-0.15, -0.1) is 0 Å². The lowest BCUT2D eigenvalue weighted by Crippen LogP contribution is -2.48. The van der Waals surface area contributed by atoms with Gasteiger partial charge in [-0.1, -0.05) is 6.07 Å². The first-order valence-electron chi connectivity index (χ1n) is 11.2. The largest absolute Gasteiger partial charge is 0.497 e. The first kappa shape index (κ1) is 23.4. The van der Waals surface area contributed by atoms with Crippen LogP contribution >= 0.6 is 0 Å². The number of benzene rings is 2. The zero-order chi connectivity index (χ0) is 24.2. The Morgan fingerprint density at radius 1 is 1.18 bits per heavy atom. The molecule has 9 nitrogen and oxygen atoms in total. The van der Waals surface area contributed by atoms with Crippen molar-refractivity contribution < 1.29 is 28.7 Å². The predicted molar refractivity (Wildman–Crippen MR) is 125 cm³/mol. The average Bonchev–Trinajstić information content (AvgIpc) is 3.44. The summed E-state index contributed by atoms with van der Waals surface area (Å²) in [6.45, 7) is 2.22. The number of anilines is 2. The van der Waals surface area contributed by atoms with E-state index in [0.717, 1.165) is 17.7 Å². The molecule has 0 bridgehead atoms. The zero-order valence-corrected chi connectivity index (χ0v) is 19.2. The lowest BCUT2D eigenvalue weighted by atomic mass is 10.1. The van der Waals surface area contributed by atoms with Crippen LogP contribution < -0.4 is 15.0 Å². The van der Waals surface area contributed by atoms with Gasteiger partial charge in [0.25, 0.3) is 11.8 Å². The molecule has 178 valence electrons. The second-order valence-electron chi connectivity index (χ2n) is 8.34. The van der Waals surface area contributed by atoms with Crippen molar-refractivity contribution in [1.29, 1.82) is 0 Å². The van der Waals surface area contributed by atoms with E-state index in [0.29, 0.717) is 29.3 Å². The summed E-state index contributed by atoms with van der Waals surface area (Å²) in [7, 11) is 1.52. The van der Waals surface area contributed by atoms with Gasteiger partial charge in [-0.05, 0) is 55.3 Å². The van der Waals surface area contributed by atoms with Crippen molar-refractivity contribution in [3.05, 3.63) is 54.1 Å². The number of nitrogens with zero attached hydrogens (tertiary/aromatic N) is 2. The number of amides is 4. The van der Waals surface area contributed by atoms with Gasteiger partial charge in [0.1, 0.15) is 11.8 Å². The van der Waals surface area contributed by atoms with E-state index in [-0.39, 0.29) is 30.9 Å². The molecule has 0 saturated carbocycles. The molecule has 4 amide bonds. The highest BCUT2D eigenvalue weighted by Crippen LogP contribution is 2.29. The van der Waals surface area contributed by atoms with Crippen LogP contribution in [0.1, 0.15) is 36.5 Å². The summed E-state index contributed by atoms with van der Waals surface area (Å²) in [6.07, 6.45) is 1.36. The van der Waals surface area contributed by atoms with E-state index in [1.807, 2.05) is 0 Å². The van der Waals surface area contributed by atoms with E-state index in [9.17, 15) is 19.2 Å². The maximum absolute atomic E-state index is 13.5. The molecule has 2 unspecified atom stereocenters. The summed E-state index contributed by atoms with van der Waals surface area (Å²) in [5.74, 6) is -0.910. The number of carbonyl (C=O) groups excluding carboxylic acids is 4. The van der Waals surface area contributed by atoms with Crippen LogP contribution in [0.25, 0.3) is 0 Å². The third kappa shape index (κ3) is 4.94. The smallest absolute Gasteiger partial charge is 0.257 e. The van der Waals surface area contributed by atoms with Crippen LogP contribution in [0.15, 0.2) is 48.5 Å². The Kier molecular flexibility index (Phi) is 6.93. The fourth-order valence-electron chi connectivity index (χ4n) is 4.31. The van der Waals surface area contributed by atoms with Crippen molar-refractivity contribution in [2.45, 2.75) is 38.3 Å². The maximum atomic E-state index is 13.5. The minimum atomic E-state index is -0.939. The first-order valence-corrected chi connectivity index (χ1v) is 11.2. The second kappa shape index (κ2) is 10.0. The normalized spacial score (nSPS) is 19.9. The van der Waals surface area contributed by atoms with Crippen LogP contribution in [0.5, 0.6) is 5.75 Å². The molecule has 2 aromatic carbocycles. The van der Waals surface area contributed by atoms with E-state index in [4.69, 9.17) is 9.47 Å². The van der Waals surface area contributed by atoms with Gasteiger partial charge in [-0.2, -0.15) is 0 Å². The number of ether oxygens (including phenoxy) is 2. The molecule has 0 aromatic heterocycles. The maximum Gasteiger partial charge on any atom is 0.257 e. The summed E-state index contributed by atoms with van der Waals surface area (Å²) >= 11 is 0. The molecular weight excluding hydrogens is 438 g/mol. The lowest BCUT2D eigenvalue weighted by Gasteiger charge is -2.30. The Hall–Kier alpha value is -3.72. The SMILES string of the molecule is COc1cccc(C(=O)N(CC2CCCO2)C2CC(=O)N(c3ccc(NC(C)=O)cc3)C2=O)c1. The molecule has 2 atom stereocenters. The molecule has 4 rings (SSSR count). The van der Waals surface area contributed by atoms with Crippen molar-refractivity contribution in [3.63, 3.8) is 0 Å². The zero-order valence-electron chi connectivity index (χ0n) is 19.2. The molecule has 2 heterocycles. The third-order valence-corrected chi connectivity index (χ3v) is 5.95. The number of methoxy groups -OCH3 is 1. The fourth-order valence-corrected chi connectivity index (χ4v) is 4.31. The average molecular weight is 466 g/mol. The first-order chi connectivity index (χ1) is 16.4. The molecule has 34 heavy (non-hydrogen) atoms. The topological polar surface area (TPSA) is 105 Å². The Morgan fingerprint density at radius 2 is 1.94 bits per heavy atom. The molecule has 1 N–H and O–H groups in total. The highest BCUT2D eigenvalue weighted by Gasteiger charge is 2.45. The lowest BCUT2D eigenvalue weighted by molar-refractivity contribution is -0.123. The van der Waals surface area contributed by atoms with Crippen LogP contribution in [0.2, 0.25) is 0 Å². The van der Waals surface area contributed by atoms with Crippen LogP contribution in [-0.2, 0) is 19.1 Å². The van der Waals surface area contributed by atoms with Gasteiger partial charge in [-0.25, -0.2) is 4.90 Å². The predicted octanol–water partition coefficient (Wildman–Crippen LogP) is 2.61. The Labute approximate surface area is 197 Å². The van der Waals surface area contributed by atoms with Gasteiger partial charge in [0, 0.05) is 31.3 Å². The summed E-state index contributed by atoms with van der Waals surface area (Å²) in [5.41, 5.74) is 1.31. The fraction of sp³-hybridized carbons (Fsp3) is 0.360. The molecular formula is C25H27N3O6. The van der Waals surface area contributed by atoms with Gasteiger partial charge < -0.3 is 19.7 Å². The number of carbonyl (C=O) groups is 4. The molecule has 2 aromatic rings. The Morgan fingerprint density at radius 3 is 2.59 bits per heavy atom. The summed E-state index contributed by atoms with van der Waals surface area (Å²) in [6, 6.07) is 12.2. The van der Waals surface area contributed by atoms with Gasteiger partial charge >= 0.3 is 0 Å². The second-order valence-corrected chi connectivity index (χ2v) is 8.34. The summed E-state index contributed by atoms with van der Waals surface area (Å²) < 4.78 is 11.0. The van der Waals surface area contributed by atoms with E-state index < -0.39 is 17.9 Å². The van der Waals surface area contributed by atoms with E-state index in [1.165, 1.54) is 18.9 Å². The standard InChI is InChI=1S/C25H27N3O6/c1-16(29)26-18-8-10-19(11-9-18)28-23(30)14-22(25(28)32)27(15-21-7-4-12-34-21)24(31)17-5-3-6-20(13-17)33-2/h3,5-6,8-11,13,21-22H,4,7,12,14-15H2,1-2H3,(H,26,29). The number of hydrogen-bond acceptors (Lipinski definition) is 6. The van der Waals surface area contributed by atoms with Gasteiger partial charge in [-0.3, -0.25) is 19.2 Å². The number of nitrogens with one attached hydrogen (secondary N) is 1. The molecule has 2 aliphatic heterocycles. The van der Waals surface area contributed by atoms with E-state index in [1.54, 1.807) is 48.5 Å². The summed E-state index contributed by atoms with van der Waals surface area (Å²) in [4.78, 5) is 53.7. The molecule has 0 radical (unpaired) electrons. The van der Waals surface area contributed by atoms with Crippen LogP contribution in [-0.4, -0.2) is 60.9 Å². The monoisotopic (exact) mass is 465 g/mol. The van der Waals surface area contributed by atoms with Gasteiger partial charge in [0.2, 0.25) is 11.8 Å². The molecule has 2 saturated heterocycles. The van der Waals surface area contributed by atoms with Crippen LogP contribution in [0.3, 0.4) is 0 Å². The van der Waals surface area contributed by atoms with Crippen molar-refractivity contribution in [2.75, 3.05) is 30.5 Å². The van der Waals surface area contributed by atoms with Crippen LogP contribution in [0.4, 0.5) is 11.4 Å². The van der Waals surface area contributed by atoms with Crippen LogP contribution in [0, 0.1) is 0 Å². The number of rotatable bonds is 7. The molecule has 9 heteroatoms. The molecule has 2 fully saturated rings. The molecule has 2 aliphatic rings. The number of hydrogen-bond donors (Lipinski definition) is 1. The van der Waals surface area contributed by atoms with Gasteiger partial charge in [0.05, 0.1) is 25.3 Å². The number of imide groups is 1.